The van der Waals surface area contributed by atoms with Crippen LogP contribution >= 0.6 is 0 Å². The smallest absolute Gasteiger partial charge is 0.306 e. The van der Waals surface area contributed by atoms with E-state index in [0.717, 1.165) is 46.3 Å². The molecule has 5 rings (SSSR count). The van der Waals surface area contributed by atoms with Crippen LogP contribution in [0.25, 0.3) is 33.4 Å². The zero-order valence-electron chi connectivity index (χ0n) is 15.1. The summed E-state index contributed by atoms with van der Waals surface area (Å²) in [7, 11) is 0. The van der Waals surface area contributed by atoms with Crippen LogP contribution in [0.2, 0.25) is 0 Å². The Bertz CT molecular complexity index is 1150. The molecule has 2 atom stereocenters. The predicted octanol–water partition coefficient (Wildman–Crippen LogP) is 3.91. The van der Waals surface area contributed by atoms with Gasteiger partial charge in [0.1, 0.15) is 11.0 Å². The molecular weight excluding hydrogens is 354 g/mol. The normalized spacial score (nSPS) is 19.3. The standard InChI is InChI=1S/C21H19N5O2/c27-21(28)16-5-7-17(9-16)26-12-22-11-20(26)14-3-1-13(2-4-14)15-6-8-18-19(10-15)24-25-23-18/h1-4,6,8,10-12,16-17H,5,7,9H2,(H,27,28)(H,23,24,25)/t16-,17+/m0/s1. The van der Waals surface area contributed by atoms with Gasteiger partial charge < -0.3 is 9.67 Å². The molecule has 0 bridgehead atoms. The van der Waals surface area contributed by atoms with Crippen molar-refractivity contribution in [2.24, 2.45) is 5.92 Å². The van der Waals surface area contributed by atoms with Crippen LogP contribution in [-0.2, 0) is 4.79 Å². The van der Waals surface area contributed by atoms with Crippen molar-refractivity contribution in [3.05, 3.63) is 55.0 Å². The van der Waals surface area contributed by atoms with Crippen LogP contribution in [0.3, 0.4) is 0 Å². The fraction of sp³-hybridized carbons (Fsp3) is 0.238. The summed E-state index contributed by atoms with van der Waals surface area (Å²) < 4.78 is 2.12. The minimum atomic E-state index is -0.697. The molecule has 0 radical (unpaired) electrons. The van der Waals surface area contributed by atoms with Crippen molar-refractivity contribution >= 4 is 17.0 Å². The summed E-state index contributed by atoms with van der Waals surface area (Å²) in [6.45, 7) is 0. The largest absolute Gasteiger partial charge is 0.481 e. The van der Waals surface area contributed by atoms with Crippen molar-refractivity contribution in [3.8, 4) is 22.4 Å². The van der Waals surface area contributed by atoms with E-state index in [1.54, 1.807) is 0 Å². The molecule has 1 fully saturated rings. The van der Waals surface area contributed by atoms with Crippen LogP contribution in [0.4, 0.5) is 0 Å². The summed E-state index contributed by atoms with van der Waals surface area (Å²) in [6, 6.07) is 14.5. The van der Waals surface area contributed by atoms with Crippen molar-refractivity contribution in [2.75, 3.05) is 0 Å². The fourth-order valence-corrected chi connectivity index (χ4v) is 4.11. The number of benzene rings is 2. The Morgan fingerprint density at radius 3 is 2.54 bits per heavy atom. The average Bonchev–Trinajstić information content (AvgIpc) is 3.47. The van der Waals surface area contributed by atoms with Gasteiger partial charge in [-0.15, -0.1) is 0 Å². The number of fused-ring (bicyclic) bond motifs is 1. The first-order valence-corrected chi connectivity index (χ1v) is 9.35. The summed E-state index contributed by atoms with van der Waals surface area (Å²) in [6.07, 6.45) is 5.92. The topological polar surface area (TPSA) is 96.7 Å². The van der Waals surface area contributed by atoms with Crippen LogP contribution < -0.4 is 0 Å². The highest BCUT2D eigenvalue weighted by Gasteiger charge is 2.31. The molecule has 0 amide bonds. The van der Waals surface area contributed by atoms with Crippen molar-refractivity contribution in [1.82, 2.24) is 25.0 Å². The summed E-state index contributed by atoms with van der Waals surface area (Å²) >= 11 is 0. The molecule has 140 valence electrons. The second-order valence-corrected chi connectivity index (χ2v) is 7.29. The molecule has 0 aliphatic heterocycles. The van der Waals surface area contributed by atoms with Crippen molar-refractivity contribution in [1.29, 1.82) is 0 Å². The van der Waals surface area contributed by atoms with Gasteiger partial charge in [0, 0.05) is 6.04 Å². The van der Waals surface area contributed by atoms with Crippen molar-refractivity contribution in [2.45, 2.75) is 25.3 Å². The van der Waals surface area contributed by atoms with Gasteiger partial charge in [-0.05, 0) is 48.1 Å². The van der Waals surface area contributed by atoms with Gasteiger partial charge in [0.15, 0.2) is 0 Å². The Morgan fingerprint density at radius 2 is 1.75 bits per heavy atom. The molecule has 1 saturated carbocycles. The monoisotopic (exact) mass is 373 g/mol. The molecule has 0 saturated heterocycles. The first-order chi connectivity index (χ1) is 13.7. The molecular formula is C21H19N5O2. The minimum absolute atomic E-state index is 0.188. The molecule has 2 N–H and O–H groups in total. The Balaban J connectivity index is 1.42. The van der Waals surface area contributed by atoms with E-state index in [1.807, 2.05) is 30.7 Å². The predicted molar refractivity (Wildman–Crippen MR) is 105 cm³/mol. The van der Waals surface area contributed by atoms with Crippen LogP contribution in [0.1, 0.15) is 25.3 Å². The van der Waals surface area contributed by atoms with Gasteiger partial charge in [-0.2, -0.15) is 15.4 Å². The molecule has 0 unspecified atom stereocenters. The second-order valence-electron chi connectivity index (χ2n) is 7.29. The average molecular weight is 373 g/mol. The molecule has 1 aliphatic carbocycles. The van der Waals surface area contributed by atoms with Crippen LogP contribution in [0, 0.1) is 5.92 Å². The van der Waals surface area contributed by atoms with Crippen LogP contribution in [-0.4, -0.2) is 36.0 Å². The highest BCUT2D eigenvalue weighted by Crippen LogP contribution is 2.37. The second kappa shape index (κ2) is 6.60. The minimum Gasteiger partial charge on any atom is -0.481 e. The lowest BCUT2D eigenvalue weighted by Gasteiger charge is -2.16. The molecule has 7 heteroatoms. The quantitative estimate of drug-likeness (QED) is 0.565. The van der Waals surface area contributed by atoms with Crippen LogP contribution in [0.15, 0.2) is 55.0 Å². The number of aliphatic carboxylic acids is 1. The Labute approximate surface area is 161 Å². The number of hydrogen-bond acceptors (Lipinski definition) is 4. The number of nitrogens with zero attached hydrogens (tertiary/aromatic N) is 4. The lowest BCUT2D eigenvalue weighted by molar-refractivity contribution is -0.141. The van der Waals surface area contributed by atoms with E-state index in [9.17, 15) is 9.90 Å². The lowest BCUT2D eigenvalue weighted by atomic mass is 10.0. The SMILES string of the molecule is O=C(O)[C@H]1CC[C@@H](n2cncc2-c2ccc(-c3ccc4n[nH]nc4c3)cc2)C1. The summed E-state index contributed by atoms with van der Waals surface area (Å²) in [4.78, 5) is 15.6. The van der Waals surface area contributed by atoms with E-state index in [0.29, 0.717) is 6.42 Å². The van der Waals surface area contributed by atoms with E-state index < -0.39 is 5.97 Å². The Hall–Kier alpha value is -3.48. The zero-order valence-corrected chi connectivity index (χ0v) is 15.1. The first-order valence-electron chi connectivity index (χ1n) is 9.35. The molecule has 28 heavy (non-hydrogen) atoms. The zero-order chi connectivity index (χ0) is 19.1. The number of hydrogen-bond donors (Lipinski definition) is 2. The molecule has 2 aromatic carbocycles. The highest BCUT2D eigenvalue weighted by molar-refractivity contribution is 5.81. The van der Waals surface area contributed by atoms with Gasteiger partial charge in [-0.25, -0.2) is 4.98 Å². The highest BCUT2D eigenvalue weighted by atomic mass is 16.4. The van der Waals surface area contributed by atoms with Crippen LogP contribution in [0.5, 0.6) is 0 Å². The Kier molecular flexibility index (Phi) is 3.93. The van der Waals surface area contributed by atoms with E-state index in [1.165, 1.54) is 0 Å². The molecule has 0 spiro atoms. The van der Waals surface area contributed by atoms with Gasteiger partial charge in [0.05, 0.1) is 24.1 Å². The number of carboxylic acid groups (broad SMARTS) is 1. The van der Waals surface area contributed by atoms with Gasteiger partial charge in [0.2, 0.25) is 0 Å². The number of nitrogens with one attached hydrogen (secondary N) is 1. The summed E-state index contributed by atoms with van der Waals surface area (Å²) in [5, 5.41) is 20.1. The number of aromatic nitrogens is 5. The Morgan fingerprint density at radius 1 is 1.00 bits per heavy atom. The number of H-pyrrole nitrogens is 1. The van der Waals surface area contributed by atoms with Gasteiger partial charge in [-0.1, -0.05) is 30.3 Å². The molecule has 7 nitrogen and oxygen atoms in total. The van der Waals surface area contributed by atoms with Crippen molar-refractivity contribution in [3.63, 3.8) is 0 Å². The van der Waals surface area contributed by atoms with E-state index in [-0.39, 0.29) is 12.0 Å². The third-order valence-electron chi connectivity index (χ3n) is 5.64. The molecule has 2 aromatic heterocycles. The first kappa shape index (κ1) is 16.7. The van der Waals surface area contributed by atoms with E-state index in [4.69, 9.17) is 0 Å². The van der Waals surface area contributed by atoms with E-state index in [2.05, 4.69) is 49.2 Å². The number of carboxylic acids is 1. The number of carbonyl (C=O) groups is 1. The molecule has 2 heterocycles. The number of rotatable bonds is 4. The third kappa shape index (κ3) is 2.85. The van der Waals surface area contributed by atoms with Crippen molar-refractivity contribution < 1.29 is 9.90 Å². The fourth-order valence-electron chi connectivity index (χ4n) is 4.11. The van der Waals surface area contributed by atoms with Gasteiger partial charge in [-0.3, -0.25) is 4.79 Å². The maximum absolute atomic E-state index is 11.3. The summed E-state index contributed by atoms with van der Waals surface area (Å²) in [5.41, 5.74) is 5.97. The maximum atomic E-state index is 11.3. The third-order valence-corrected chi connectivity index (χ3v) is 5.64. The maximum Gasteiger partial charge on any atom is 0.306 e. The lowest BCUT2D eigenvalue weighted by Crippen LogP contribution is -2.11. The summed E-state index contributed by atoms with van der Waals surface area (Å²) in [5.74, 6) is -0.952. The van der Waals surface area contributed by atoms with Gasteiger partial charge in [0.25, 0.3) is 0 Å². The molecule has 1 aliphatic rings. The molecule has 4 aromatic rings. The number of aromatic amines is 1. The number of imidazole rings is 1. The van der Waals surface area contributed by atoms with E-state index >= 15 is 0 Å². The van der Waals surface area contributed by atoms with Gasteiger partial charge >= 0.3 is 5.97 Å².